The molecule has 0 atom stereocenters. The maximum absolute atomic E-state index is 2.28. The average Bonchev–Trinajstić information content (AvgIpc) is 2.51. The number of hydrogen-bond acceptors (Lipinski definition) is 0. The van der Waals surface area contributed by atoms with Gasteiger partial charge in [-0.2, -0.15) is 0 Å². The van der Waals surface area contributed by atoms with Gasteiger partial charge in [0.2, 0.25) is 0 Å². The third kappa shape index (κ3) is 28.8. The molecule has 0 unspecified atom stereocenters. The molecule has 0 rings (SSSR count). The molecule has 21 heavy (non-hydrogen) atoms. The summed E-state index contributed by atoms with van der Waals surface area (Å²) in [5.74, 6) is 0. The van der Waals surface area contributed by atoms with Gasteiger partial charge in [-0.1, -0.05) is 137 Å². The molecule has 0 spiro atoms. The lowest BCUT2D eigenvalue weighted by Crippen LogP contribution is -1.80. The molecule has 0 aliphatic carbocycles. The summed E-state index contributed by atoms with van der Waals surface area (Å²) in [4.78, 5) is 0. The minimum atomic E-state index is 1.37. The van der Waals surface area contributed by atoms with Crippen molar-refractivity contribution in [3.05, 3.63) is 0 Å². The normalized spacial score (nSPS) is 10.3. The standard InChI is InChI=1S/C12H26.C9H20/c1-3-5-7-9-11-12-10-8-6-4-2;1-3-5-7-9-8-6-4-2/h3-12H2,1-2H3;3-9H2,1-2H3. The molecule has 0 aromatic carbocycles. The molecule has 0 N–H and O–H groups in total. The van der Waals surface area contributed by atoms with Crippen LogP contribution in [0.2, 0.25) is 0 Å². The van der Waals surface area contributed by atoms with E-state index in [1.54, 1.807) is 0 Å². The van der Waals surface area contributed by atoms with Crippen LogP contribution in [0.1, 0.15) is 137 Å². The van der Waals surface area contributed by atoms with Gasteiger partial charge in [0.1, 0.15) is 0 Å². The summed E-state index contributed by atoms with van der Waals surface area (Å²) < 4.78 is 0. The Morgan fingerprint density at radius 1 is 0.238 bits per heavy atom. The minimum absolute atomic E-state index is 1.37. The van der Waals surface area contributed by atoms with Gasteiger partial charge in [-0.3, -0.25) is 0 Å². The largest absolute Gasteiger partial charge is 0.0654 e. The molecule has 0 nitrogen and oxygen atoms in total. The van der Waals surface area contributed by atoms with Crippen molar-refractivity contribution in [2.45, 2.75) is 137 Å². The molecule has 130 valence electrons. The Kier molecular flexibility index (Phi) is 27.7. The number of unbranched alkanes of at least 4 members (excludes halogenated alkanes) is 15. The topological polar surface area (TPSA) is 0 Å². The highest BCUT2D eigenvalue weighted by molar-refractivity contribution is 4.45. The molecule has 0 aliphatic heterocycles. The van der Waals surface area contributed by atoms with Crippen molar-refractivity contribution in [3.63, 3.8) is 0 Å². The SMILES string of the molecule is CCCCCCCCC.CCCCCCCCCCCC. The Labute approximate surface area is 137 Å². The van der Waals surface area contributed by atoms with Crippen LogP contribution < -0.4 is 0 Å². The van der Waals surface area contributed by atoms with Crippen molar-refractivity contribution in [2.75, 3.05) is 0 Å². The van der Waals surface area contributed by atoms with E-state index in [0.29, 0.717) is 0 Å². The highest BCUT2D eigenvalue weighted by Crippen LogP contribution is 2.10. The van der Waals surface area contributed by atoms with Gasteiger partial charge in [0, 0.05) is 0 Å². The summed E-state index contributed by atoms with van der Waals surface area (Å²) in [6.45, 7) is 9.09. The van der Waals surface area contributed by atoms with E-state index in [4.69, 9.17) is 0 Å². The van der Waals surface area contributed by atoms with Crippen LogP contribution in [0.25, 0.3) is 0 Å². The molecule has 0 aromatic heterocycles. The quantitative estimate of drug-likeness (QED) is 0.265. The lowest BCUT2D eigenvalue weighted by atomic mass is 10.1. The zero-order chi connectivity index (χ0) is 16.0. The number of hydrogen-bond donors (Lipinski definition) is 0. The molecule has 0 fully saturated rings. The summed E-state index contributed by atoms with van der Waals surface area (Å²) in [7, 11) is 0. The van der Waals surface area contributed by atoms with Crippen LogP contribution in [0.15, 0.2) is 0 Å². The Balaban J connectivity index is 0. The van der Waals surface area contributed by atoms with Crippen LogP contribution in [0.5, 0.6) is 0 Å². The molecule has 0 aliphatic rings. The highest BCUT2D eigenvalue weighted by Gasteiger charge is 1.90. The van der Waals surface area contributed by atoms with Crippen LogP contribution in [0, 0.1) is 0 Å². The molecule has 0 heteroatoms. The molecule has 0 bridgehead atoms. The fourth-order valence-electron chi connectivity index (χ4n) is 2.59. The van der Waals surface area contributed by atoms with Crippen LogP contribution in [-0.4, -0.2) is 0 Å². The third-order valence-electron chi connectivity index (χ3n) is 4.16. The van der Waals surface area contributed by atoms with E-state index in [1.807, 2.05) is 0 Å². The molecule has 0 saturated heterocycles. The fraction of sp³-hybridized carbons (Fsp3) is 1.00. The van der Waals surface area contributed by atoms with E-state index in [2.05, 4.69) is 27.7 Å². The Bertz CT molecular complexity index is 123. The maximum Gasteiger partial charge on any atom is -0.0533 e. The highest BCUT2D eigenvalue weighted by atomic mass is 14.0. The van der Waals surface area contributed by atoms with Gasteiger partial charge in [-0.15, -0.1) is 0 Å². The molecule has 0 radical (unpaired) electrons. The Hall–Kier alpha value is 0. The van der Waals surface area contributed by atoms with Gasteiger partial charge in [-0.05, 0) is 0 Å². The second-order valence-corrected chi connectivity index (χ2v) is 6.60. The van der Waals surface area contributed by atoms with Crippen LogP contribution >= 0.6 is 0 Å². The molecular weight excluding hydrogens is 252 g/mol. The van der Waals surface area contributed by atoms with Crippen LogP contribution in [-0.2, 0) is 0 Å². The molecule has 0 saturated carbocycles. The van der Waals surface area contributed by atoms with Gasteiger partial charge in [0.05, 0.1) is 0 Å². The van der Waals surface area contributed by atoms with E-state index < -0.39 is 0 Å². The molecule has 0 heterocycles. The summed E-state index contributed by atoms with van der Waals surface area (Å²) >= 11 is 0. The second kappa shape index (κ2) is 25.0. The zero-order valence-electron chi connectivity index (χ0n) is 16.0. The lowest BCUT2D eigenvalue weighted by Gasteiger charge is -1.99. The van der Waals surface area contributed by atoms with Gasteiger partial charge in [0.15, 0.2) is 0 Å². The van der Waals surface area contributed by atoms with Crippen molar-refractivity contribution in [2.24, 2.45) is 0 Å². The van der Waals surface area contributed by atoms with Crippen molar-refractivity contribution < 1.29 is 0 Å². The first kappa shape index (κ1) is 23.3. The molecule has 0 aromatic rings. The smallest absolute Gasteiger partial charge is 0.0533 e. The average molecular weight is 299 g/mol. The minimum Gasteiger partial charge on any atom is -0.0654 e. The predicted octanol–water partition coefficient (Wildman–Crippen LogP) is 8.68. The monoisotopic (exact) mass is 298 g/mol. The van der Waals surface area contributed by atoms with Crippen molar-refractivity contribution in [1.82, 2.24) is 0 Å². The summed E-state index contributed by atoms with van der Waals surface area (Å²) in [5.41, 5.74) is 0. The second-order valence-electron chi connectivity index (χ2n) is 6.60. The van der Waals surface area contributed by atoms with Crippen LogP contribution in [0.3, 0.4) is 0 Å². The van der Waals surface area contributed by atoms with E-state index in [0.717, 1.165) is 0 Å². The summed E-state index contributed by atoms with van der Waals surface area (Å²) in [6.07, 6.45) is 24.4. The van der Waals surface area contributed by atoms with Crippen LogP contribution in [0.4, 0.5) is 0 Å². The summed E-state index contributed by atoms with van der Waals surface area (Å²) in [6, 6.07) is 0. The van der Waals surface area contributed by atoms with Gasteiger partial charge < -0.3 is 0 Å². The van der Waals surface area contributed by atoms with E-state index >= 15 is 0 Å². The van der Waals surface area contributed by atoms with Crippen molar-refractivity contribution >= 4 is 0 Å². The molecular formula is C21H46. The molecule has 0 amide bonds. The first-order chi connectivity index (χ1) is 10.3. The van der Waals surface area contributed by atoms with Gasteiger partial charge >= 0.3 is 0 Å². The first-order valence-electron chi connectivity index (χ1n) is 10.3. The van der Waals surface area contributed by atoms with Crippen molar-refractivity contribution in [3.8, 4) is 0 Å². The Morgan fingerprint density at radius 3 is 0.524 bits per heavy atom. The Morgan fingerprint density at radius 2 is 0.381 bits per heavy atom. The van der Waals surface area contributed by atoms with E-state index in [9.17, 15) is 0 Å². The zero-order valence-corrected chi connectivity index (χ0v) is 16.0. The summed E-state index contributed by atoms with van der Waals surface area (Å²) in [5, 5.41) is 0. The lowest BCUT2D eigenvalue weighted by molar-refractivity contribution is 0.562. The van der Waals surface area contributed by atoms with Gasteiger partial charge in [0.25, 0.3) is 0 Å². The maximum atomic E-state index is 2.28. The number of rotatable bonds is 15. The first-order valence-corrected chi connectivity index (χ1v) is 10.3. The third-order valence-corrected chi connectivity index (χ3v) is 4.16. The van der Waals surface area contributed by atoms with Gasteiger partial charge in [-0.25, -0.2) is 0 Å². The van der Waals surface area contributed by atoms with Crippen molar-refractivity contribution in [1.29, 1.82) is 0 Å². The predicted molar refractivity (Wildman–Crippen MR) is 101 cm³/mol. The van der Waals surface area contributed by atoms with E-state index in [1.165, 1.54) is 109 Å². The fourth-order valence-corrected chi connectivity index (χ4v) is 2.59. The van der Waals surface area contributed by atoms with E-state index in [-0.39, 0.29) is 0 Å².